The fraction of sp³-hybridized carbons (Fsp3) is 0.278. The third-order valence-electron chi connectivity index (χ3n) is 4.18. The molecular weight excluding hydrogens is 436 g/mol. The largest absolute Gasteiger partial charge is 0.339 e. The monoisotopic (exact) mass is 454 g/mol. The van der Waals surface area contributed by atoms with Gasteiger partial charge in [-0.2, -0.15) is 0 Å². The minimum absolute atomic E-state index is 0.0486. The summed E-state index contributed by atoms with van der Waals surface area (Å²) in [5.41, 5.74) is 0.958. The summed E-state index contributed by atoms with van der Waals surface area (Å²) in [4.78, 5) is 14.1. The fourth-order valence-electron chi connectivity index (χ4n) is 2.76. The van der Waals surface area contributed by atoms with Crippen molar-refractivity contribution in [2.24, 2.45) is 0 Å². The van der Waals surface area contributed by atoms with Crippen LogP contribution in [0.15, 0.2) is 56.5 Å². The number of halogens is 1. The van der Waals surface area contributed by atoms with Crippen molar-refractivity contribution in [3.05, 3.63) is 57.9 Å². The summed E-state index contributed by atoms with van der Waals surface area (Å²) < 4.78 is 28.6. The molecule has 0 aliphatic carbocycles. The van der Waals surface area contributed by atoms with E-state index < -0.39 is 10.0 Å². The van der Waals surface area contributed by atoms with Crippen molar-refractivity contribution in [3.63, 3.8) is 0 Å². The van der Waals surface area contributed by atoms with E-state index >= 15 is 0 Å². The normalized spacial score (nSPS) is 16.3. The van der Waals surface area contributed by atoms with Crippen LogP contribution in [0.1, 0.15) is 18.4 Å². The highest BCUT2D eigenvalue weighted by atomic mass is 79.9. The molecule has 138 valence electrons. The molecule has 2 heterocycles. The number of amides is 1. The molecule has 3 rings (SSSR count). The van der Waals surface area contributed by atoms with Gasteiger partial charge >= 0.3 is 0 Å². The van der Waals surface area contributed by atoms with Crippen LogP contribution in [-0.2, 0) is 14.8 Å². The van der Waals surface area contributed by atoms with Gasteiger partial charge in [0.2, 0.25) is 15.9 Å². The Kier molecular flexibility index (Phi) is 6.29. The van der Waals surface area contributed by atoms with E-state index in [2.05, 4.69) is 20.7 Å². The van der Waals surface area contributed by atoms with Crippen molar-refractivity contribution in [2.75, 3.05) is 13.1 Å². The van der Waals surface area contributed by atoms with Gasteiger partial charge in [0.25, 0.3) is 0 Å². The first kappa shape index (κ1) is 19.3. The third kappa shape index (κ3) is 5.03. The van der Waals surface area contributed by atoms with Gasteiger partial charge in [0.15, 0.2) is 0 Å². The third-order valence-corrected chi connectivity index (χ3v) is 7.62. The molecule has 0 radical (unpaired) electrons. The number of benzene rings is 1. The zero-order valence-corrected chi connectivity index (χ0v) is 17.2. The second-order valence-corrected chi connectivity index (χ2v) is 9.84. The number of nitrogens with zero attached hydrogens (tertiary/aromatic N) is 1. The molecule has 5 nitrogen and oxygen atoms in total. The topological polar surface area (TPSA) is 66.5 Å². The zero-order chi connectivity index (χ0) is 18.6. The lowest BCUT2D eigenvalue weighted by atomic mass is 10.1. The molecule has 1 N–H and O–H groups in total. The van der Waals surface area contributed by atoms with Crippen LogP contribution >= 0.6 is 27.3 Å². The predicted molar refractivity (Wildman–Crippen MR) is 107 cm³/mol. The van der Waals surface area contributed by atoms with Gasteiger partial charge in [-0.3, -0.25) is 4.79 Å². The van der Waals surface area contributed by atoms with E-state index in [0.29, 0.717) is 30.1 Å². The lowest BCUT2D eigenvalue weighted by molar-refractivity contribution is -0.126. The van der Waals surface area contributed by atoms with E-state index in [1.165, 1.54) is 11.3 Å². The second-order valence-electron chi connectivity index (χ2n) is 6.04. The Hall–Kier alpha value is -1.48. The maximum Gasteiger partial charge on any atom is 0.250 e. The number of likely N-dealkylation sites (tertiary alicyclic amines) is 1. The highest BCUT2D eigenvalue weighted by molar-refractivity contribution is 9.10. The second kappa shape index (κ2) is 8.47. The molecule has 1 aromatic carbocycles. The van der Waals surface area contributed by atoms with Crippen molar-refractivity contribution < 1.29 is 13.2 Å². The van der Waals surface area contributed by atoms with Gasteiger partial charge in [-0.15, -0.1) is 11.3 Å². The average Bonchev–Trinajstić information content (AvgIpc) is 3.17. The van der Waals surface area contributed by atoms with Crippen molar-refractivity contribution in [1.82, 2.24) is 9.62 Å². The smallest absolute Gasteiger partial charge is 0.250 e. The van der Waals surface area contributed by atoms with Crippen LogP contribution in [0.2, 0.25) is 0 Å². The Morgan fingerprint density at radius 3 is 2.50 bits per heavy atom. The van der Waals surface area contributed by atoms with E-state index in [4.69, 9.17) is 0 Å². The summed E-state index contributed by atoms with van der Waals surface area (Å²) in [5, 5.41) is 1.74. The number of hydrogen-bond donors (Lipinski definition) is 1. The summed E-state index contributed by atoms with van der Waals surface area (Å²) in [6.07, 6.45) is 4.59. The Bertz CT molecular complexity index is 870. The van der Waals surface area contributed by atoms with Crippen LogP contribution in [0.25, 0.3) is 6.08 Å². The van der Waals surface area contributed by atoms with Gasteiger partial charge in [0.05, 0.1) is 0 Å². The predicted octanol–water partition coefficient (Wildman–Crippen LogP) is 3.49. The maximum atomic E-state index is 12.3. The van der Waals surface area contributed by atoms with Crippen molar-refractivity contribution in [3.8, 4) is 0 Å². The van der Waals surface area contributed by atoms with Gasteiger partial charge in [-0.05, 0) is 48.1 Å². The van der Waals surface area contributed by atoms with Crippen LogP contribution in [0, 0.1) is 0 Å². The number of sulfonamides is 1. The molecule has 2 aromatic rings. The molecule has 26 heavy (non-hydrogen) atoms. The van der Waals surface area contributed by atoms with Crippen molar-refractivity contribution in [2.45, 2.75) is 23.1 Å². The number of carbonyl (C=O) groups excluding carboxylic acids is 1. The summed E-state index contributed by atoms with van der Waals surface area (Å²) in [5.74, 6) is -0.0486. The molecule has 1 fully saturated rings. The van der Waals surface area contributed by atoms with Crippen LogP contribution in [0.3, 0.4) is 0 Å². The first-order chi connectivity index (χ1) is 12.4. The number of hydrogen-bond acceptors (Lipinski definition) is 4. The van der Waals surface area contributed by atoms with Crippen LogP contribution in [-0.4, -0.2) is 38.4 Å². The molecule has 8 heteroatoms. The molecule has 1 saturated heterocycles. The number of nitrogens with one attached hydrogen (secondary N) is 1. The summed E-state index contributed by atoms with van der Waals surface area (Å²) >= 11 is 4.58. The van der Waals surface area contributed by atoms with E-state index in [9.17, 15) is 13.2 Å². The average molecular weight is 455 g/mol. The lowest BCUT2D eigenvalue weighted by Gasteiger charge is -2.31. The molecule has 1 aromatic heterocycles. The van der Waals surface area contributed by atoms with Crippen LogP contribution in [0.5, 0.6) is 0 Å². The SMILES string of the molecule is O=C(/C=C/c1ccc(Br)cc1)N1CCC(NS(=O)(=O)c2cccs2)CC1. The first-order valence-electron chi connectivity index (χ1n) is 8.22. The maximum absolute atomic E-state index is 12.3. The Morgan fingerprint density at radius 1 is 1.19 bits per heavy atom. The molecule has 0 spiro atoms. The summed E-state index contributed by atoms with van der Waals surface area (Å²) in [6.45, 7) is 1.09. The summed E-state index contributed by atoms with van der Waals surface area (Å²) in [7, 11) is -3.46. The van der Waals surface area contributed by atoms with Gasteiger partial charge in [0, 0.05) is 29.7 Å². The fourth-order valence-corrected chi connectivity index (χ4v) is 5.34. The van der Waals surface area contributed by atoms with Gasteiger partial charge in [0.1, 0.15) is 4.21 Å². The Labute approximate surface area is 165 Å². The minimum Gasteiger partial charge on any atom is -0.339 e. The van der Waals surface area contributed by atoms with E-state index in [1.54, 1.807) is 34.6 Å². The lowest BCUT2D eigenvalue weighted by Crippen LogP contribution is -2.46. The van der Waals surface area contributed by atoms with Gasteiger partial charge in [-0.1, -0.05) is 34.1 Å². The Balaban J connectivity index is 1.51. The van der Waals surface area contributed by atoms with E-state index in [0.717, 1.165) is 10.0 Å². The molecule has 0 saturated carbocycles. The Morgan fingerprint density at radius 2 is 1.88 bits per heavy atom. The number of rotatable bonds is 5. The first-order valence-corrected chi connectivity index (χ1v) is 11.4. The molecule has 1 aliphatic rings. The van der Waals surface area contributed by atoms with E-state index in [1.807, 2.05) is 24.3 Å². The van der Waals surface area contributed by atoms with Crippen LogP contribution in [0.4, 0.5) is 0 Å². The molecular formula is C18H19BrN2O3S2. The van der Waals surface area contributed by atoms with Gasteiger partial charge < -0.3 is 4.90 Å². The van der Waals surface area contributed by atoms with Crippen molar-refractivity contribution in [1.29, 1.82) is 0 Å². The number of piperidine rings is 1. The molecule has 0 unspecified atom stereocenters. The molecule has 1 aliphatic heterocycles. The summed E-state index contributed by atoms with van der Waals surface area (Å²) in [6, 6.07) is 10.9. The molecule has 0 bridgehead atoms. The van der Waals surface area contributed by atoms with Crippen molar-refractivity contribution >= 4 is 49.3 Å². The van der Waals surface area contributed by atoms with Crippen LogP contribution < -0.4 is 4.72 Å². The minimum atomic E-state index is -3.46. The highest BCUT2D eigenvalue weighted by Crippen LogP contribution is 2.19. The zero-order valence-electron chi connectivity index (χ0n) is 14.0. The number of carbonyl (C=O) groups is 1. The number of thiophene rings is 1. The molecule has 1 amide bonds. The highest BCUT2D eigenvalue weighted by Gasteiger charge is 2.26. The standard InChI is InChI=1S/C18H19BrN2O3S2/c19-15-6-3-14(4-7-15)5-8-17(22)21-11-9-16(10-12-21)20-26(23,24)18-2-1-13-25-18/h1-8,13,16,20H,9-12H2/b8-5+. The van der Waals surface area contributed by atoms with Gasteiger partial charge in [-0.25, -0.2) is 13.1 Å². The van der Waals surface area contributed by atoms with E-state index in [-0.39, 0.29) is 11.9 Å². The quantitative estimate of drug-likeness (QED) is 0.702. The molecule has 0 atom stereocenters.